The molecule has 2 nitrogen and oxygen atoms in total. The normalized spacial score (nSPS) is 15.2. The quantitative estimate of drug-likeness (QED) is 0.748. The summed E-state index contributed by atoms with van der Waals surface area (Å²) in [4.78, 5) is 4.53. The number of hydrogen-bond acceptors (Lipinski definition) is 1. The van der Waals surface area contributed by atoms with Crippen LogP contribution in [0.25, 0.3) is 11.3 Å². The van der Waals surface area contributed by atoms with Crippen molar-refractivity contribution in [2.75, 3.05) is 0 Å². The van der Waals surface area contributed by atoms with Gasteiger partial charge in [-0.05, 0) is 25.0 Å². The van der Waals surface area contributed by atoms with Crippen LogP contribution in [0.4, 0.5) is 0 Å². The SMILES string of the molecule is Clc1ccc(-c2cnc3n2CCCCC3)cc1Cl. The molecule has 0 bridgehead atoms. The number of hydrogen-bond donors (Lipinski definition) is 0. The molecule has 1 aliphatic rings. The van der Waals surface area contributed by atoms with E-state index in [2.05, 4.69) is 9.55 Å². The molecule has 3 rings (SSSR count). The minimum Gasteiger partial charge on any atom is -0.328 e. The zero-order chi connectivity index (χ0) is 12.5. The summed E-state index contributed by atoms with van der Waals surface area (Å²) < 4.78 is 2.31. The number of imidazole rings is 1. The van der Waals surface area contributed by atoms with Crippen LogP contribution in [0, 0.1) is 0 Å². The second kappa shape index (κ2) is 4.94. The molecule has 1 aromatic carbocycles. The van der Waals surface area contributed by atoms with Crippen molar-refractivity contribution in [3.05, 3.63) is 40.3 Å². The van der Waals surface area contributed by atoms with Crippen LogP contribution in [-0.2, 0) is 13.0 Å². The van der Waals surface area contributed by atoms with Crippen LogP contribution >= 0.6 is 23.2 Å². The Labute approximate surface area is 117 Å². The highest BCUT2D eigenvalue weighted by Crippen LogP contribution is 2.30. The fourth-order valence-electron chi connectivity index (χ4n) is 2.48. The molecule has 0 N–H and O–H groups in total. The number of aromatic nitrogens is 2. The minimum atomic E-state index is 0.594. The fraction of sp³-hybridized carbons (Fsp3) is 0.357. The van der Waals surface area contributed by atoms with Gasteiger partial charge in [0.25, 0.3) is 0 Å². The van der Waals surface area contributed by atoms with Crippen LogP contribution in [0.1, 0.15) is 25.1 Å². The Hall–Kier alpha value is -0.990. The van der Waals surface area contributed by atoms with Gasteiger partial charge in [-0.25, -0.2) is 4.98 Å². The van der Waals surface area contributed by atoms with Crippen LogP contribution in [0.3, 0.4) is 0 Å². The van der Waals surface area contributed by atoms with Crippen molar-refractivity contribution in [1.82, 2.24) is 9.55 Å². The van der Waals surface area contributed by atoms with E-state index in [1.807, 2.05) is 24.4 Å². The molecule has 0 saturated heterocycles. The Bertz CT molecular complexity index is 575. The van der Waals surface area contributed by atoms with E-state index < -0.39 is 0 Å². The Morgan fingerprint density at radius 2 is 1.94 bits per heavy atom. The van der Waals surface area contributed by atoms with Crippen molar-refractivity contribution < 1.29 is 0 Å². The van der Waals surface area contributed by atoms with Crippen LogP contribution in [0.5, 0.6) is 0 Å². The summed E-state index contributed by atoms with van der Waals surface area (Å²) in [7, 11) is 0. The van der Waals surface area contributed by atoms with Gasteiger partial charge in [0, 0.05) is 18.5 Å². The Morgan fingerprint density at radius 1 is 1.06 bits per heavy atom. The first-order valence-corrected chi connectivity index (χ1v) is 7.01. The average molecular weight is 281 g/mol. The summed E-state index contributed by atoms with van der Waals surface area (Å²) in [5.74, 6) is 1.19. The lowest BCUT2D eigenvalue weighted by atomic mass is 10.1. The summed E-state index contributed by atoms with van der Waals surface area (Å²) in [6, 6.07) is 5.76. The van der Waals surface area contributed by atoms with Gasteiger partial charge in [-0.2, -0.15) is 0 Å². The molecule has 0 aliphatic carbocycles. The van der Waals surface area contributed by atoms with Crippen molar-refractivity contribution in [3.8, 4) is 11.3 Å². The number of halogens is 2. The Balaban J connectivity index is 2.06. The maximum absolute atomic E-state index is 6.08. The molecule has 1 aliphatic heterocycles. The number of fused-ring (bicyclic) bond motifs is 1. The lowest BCUT2D eigenvalue weighted by Crippen LogP contribution is -2.02. The lowest BCUT2D eigenvalue weighted by molar-refractivity contribution is 0.638. The average Bonchev–Trinajstić information content (AvgIpc) is 2.62. The van der Waals surface area contributed by atoms with Gasteiger partial charge < -0.3 is 4.57 Å². The molecule has 0 spiro atoms. The van der Waals surface area contributed by atoms with E-state index in [0.29, 0.717) is 10.0 Å². The predicted octanol–water partition coefficient (Wildman–Crippen LogP) is 4.58. The number of rotatable bonds is 1. The number of aryl methyl sites for hydroxylation is 1. The highest BCUT2D eigenvalue weighted by Gasteiger charge is 2.14. The maximum atomic E-state index is 6.08. The van der Waals surface area contributed by atoms with E-state index in [4.69, 9.17) is 23.2 Å². The molecule has 2 aromatic rings. The first-order chi connectivity index (χ1) is 8.75. The van der Waals surface area contributed by atoms with Crippen LogP contribution in [-0.4, -0.2) is 9.55 Å². The van der Waals surface area contributed by atoms with Gasteiger partial charge in [-0.1, -0.05) is 35.7 Å². The second-order valence-corrected chi connectivity index (χ2v) is 5.47. The molecule has 2 heterocycles. The summed E-state index contributed by atoms with van der Waals surface area (Å²) >= 11 is 12.0. The topological polar surface area (TPSA) is 17.8 Å². The molecule has 94 valence electrons. The van der Waals surface area contributed by atoms with Gasteiger partial charge in [0.1, 0.15) is 5.82 Å². The van der Waals surface area contributed by atoms with Crippen molar-refractivity contribution in [1.29, 1.82) is 0 Å². The van der Waals surface area contributed by atoms with Gasteiger partial charge in [0.15, 0.2) is 0 Å². The van der Waals surface area contributed by atoms with Gasteiger partial charge >= 0.3 is 0 Å². The lowest BCUT2D eigenvalue weighted by Gasteiger charge is -2.09. The zero-order valence-electron chi connectivity index (χ0n) is 10.00. The second-order valence-electron chi connectivity index (χ2n) is 4.65. The molecule has 4 heteroatoms. The summed E-state index contributed by atoms with van der Waals surface area (Å²) in [6.45, 7) is 1.05. The van der Waals surface area contributed by atoms with E-state index in [1.165, 1.54) is 25.1 Å². The molecular formula is C14H14Cl2N2. The number of nitrogens with zero attached hydrogens (tertiary/aromatic N) is 2. The molecule has 18 heavy (non-hydrogen) atoms. The van der Waals surface area contributed by atoms with E-state index >= 15 is 0 Å². The first-order valence-electron chi connectivity index (χ1n) is 6.25. The Morgan fingerprint density at radius 3 is 2.78 bits per heavy atom. The van der Waals surface area contributed by atoms with Gasteiger partial charge in [0.05, 0.1) is 21.9 Å². The molecule has 0 unspecified atom stereocenters. The summed E-state index contributed by atoms with van der Waals surface area (Å²) in [5, 5.41) is 1.19. The standard InChI is InChI=1S/C14H14Cl2N2/c15-11-6-5-10(8-12(11)16)13-9-17-14-4-2-1-3-7-18(13)14/h5-6,8-9H,1-4,7H2. The third kappa shape index (κ3) is 2.15. The van der Waals surface area contributed by atoms with Crippen LogP contribution in [0.2, 0.25) is 10.0 Å². The van der Waals surface area contributed by atoms with E-state index in [-0.39, 0.29) is 0 Å². The maximum Gasteiger partial charge on any atom is 0.109 e. The van der Waals surface area contributed by atoms with Crippen LogP contribution < -0.4 is 0 Å². The number of benzene rings is 1. The predicted molar refractivity (Wildman–Crippen MR) is 75.2 cm³/mol. The summed E-state index contributed by atoms with van der Waals surface area (Å²) in [6.07, 6.45) is 6.75. The van der Waals surface area contributed by atoms with E-state index in [9.17, 15) is 0 Å². The highest BCUT2D eigenvalue weighted by atomic mass is 35.5. The van der Waals surface area contributed by atoms with Gasteiger partial charge in [-0.15, -0.1) is 0 Å². The molecule has 1 aromatic heterocycles. The van der Waals surface area contributed by atoms with Crippen molar-refractivity contribution >= 4 is 23.2 Å². The Kier molecular flexibility index (Phi) is 3.31. The van der Waals surface area contributed by atoms with Crippen LogP contribution in [0.15, 0.2) is 24.4 Å². The fourth-order valence-corrected chi connectivity index (χ4v) is 2.78. The third-order valence-corrected chi connectivity index (χ3v) is 4.17. The molecular weight excluding hydrogens is 267 g/mol. The van der Waals surface area contributed by atoms with Gasteiger partial charge in [-0.3, -0.25) is 0 Å². The molecule has 0 atom stereocenters. The largest absolute Gasteiger partial charge is 0.328 e. The molecule has 0 fully saturated rings. The summed E-state index contributed by atoms with van der Waals surface area (Å²) in [5.41, 5.74) is 2.23. The van der Waals surface area contributed by atoms with Gasteiger partial charge in [0.2, 0.25) is 0 Å². The van der Waals surface area contributed by atoms with Crippen molar-refractivity contribution in [2.24, 2.45) is 0 Å². The zero-order valence-corrected chi connectivity index (χ0v) is 11.5. The third-order valence-electron chi connectivity index (χ3n) is 3.44. The molecule has 0 saturated carbocycles. The molecule has 0 amide bonds. The van der Waals surface area contributed by atoms with Crippen molar-refractivity contribution in [3.63, 3.8) is 0 Å². The highest BCUT2D eigenvalue weighted by molar-refractivity contribution is 6.42. The monoisotopic (exact) mass is 280 g/mol. The molecule has 0 radical (unpaired) electrons. The first kappa shape index (κ1) is 12.1. The minimum absolute atomic E-state index is 0.594. The van der Waals surface area contributed by atoms with E-state index in [0.717, 1.165) is 24.2 Å². The van der Waals surface area contributed by atoms with E-state index in [1.54, 1.807) is 0 Å². The van der Waals surface area contributed by atoms with Crippen molar-refractivity contribution in [2.45, 2.75) is 32.2 Å². The smallest absolute Gasteiger partial charge is 0.109 e.